The first-order chi connectivity index (χ1) is 8.29. The molecule has 0 aromatic carbocycles. The van der Waals surface area contributed by atoms with E-state index in [0.717, 1.165) is 13.1 Å². The van der Waals surface area contributed by atoms with Crippen molar-refractivity contribution in [2.75, 3.05) is 17.2 Å². The lowest BCUT2D eigenvalue weighted by Crippen LogP contribution is -2.06. The fraction of sp³-hybridized carbons (Fsp3) is 0.273. The van der Waals surface area contributed by atoms with Gasteiger partial charge in [0.25, 0.3) is 0 Å². The zero-order valence-corrected chi connectivity index (χ0v) is 11.0. The molecule has 0 atom stereocenters. The molecule has 0 radical (unpaired) electrons. The Labute approximate surface area is 109 Å². The Kier molecular flexibility index (Phi) is 4.17. The molecule has 2 aromatic heterocycles. The molecule has 17 heavy (non-hydrogen) atoms. The van der Waals surface area contributed by atoms with Gasteiger partial charge in [-0.25, -0.2) is 4.98 Å². The summed E-state index contributed by atoms with van der Waals surface area (Å²) in [6.45, 7) is 3.50. The number of aromatic nitrogens is 2. The van der Waals surface area contributed by atoms with E-state index < -0.39 is 0 Å². The van der Waals surface area contributed by atoms with Crippen LogP contribution in [0.1, 0.15) is 11.8 Å². The zero-order chi connectivity index (χ0) is 12.1. The standard InChI is InChI=1S/C11H13ClN4S/c1-2-13-11-15-7-9(12)10(16-11)14-6-8-4-3-5-17-8/h3-5,7H,2,6H2,1H3,(H2,13,14,15,16). The van der Waals surface area contributed by atoms with Gasteiger partial charge in [0.05, 0.1) is 12.7 Å². The summed E-state index contributed by atoms with van der Waals surface area (Å²) < 4.78 is 0. The third kappa shape index (κ3) is 3.31. The van der Waals surface area contributed by atoms with Crippen LogP contribution in [-0.2, 0) is 6.54 Å². The van der Waals surface area contributed by atoms with E-state index in [1.807, 2.05) is 18.4 Å². The van der Waals surface area contributed by atoms with Gasteiger partial charge in [0.1, 0.15) is 5.02 Å². The van der Waals surface area contributed by atoms with Gasteiger partial charge in [0.15, 0.2) is 5.82 Å². The van der Waals surface area contributed by atoms with Gasteiger partial charge in [-0.05, 0) is 18.4 Å². The summed E-state index contributed by atoms with van der Waals surface area (Å²) in [5.74, 6) is 1.25. The van der Waals surface area contributed by atoms with Crippen molar-refractivity contribution in [1.29, 1.82) is 0 Å². The third-order valence-electron chi connectivity index (χ3n) is 2.09. The highest BCUT2D eigenvalue weighted by molar-refractivity contribution is 7.09. The monoisotopic (exact) mass is 268 g/mol. The predicted molar refractivity (Wildman–Crippen MR) is 72.9 cm³/mol. The third-order valence-corrected chi connectivity index (χ3v) is 3.24. The van der Waals surface area contributed by atoms with Crippen LogP contribution >= 0.6 is 22.9 Å². The molecule has 0 aliphatic heterocycles. The van der Waals surface area contributed by atoms with Crippen LogP contribution in [-0.4, -0.2) is 16.5 Å². The van der Waals surface area contributed by atoms with E-state index in [1.165, 1.54) is 4.88 Å². The van der Waals surface area contributed by atoms with Crippen molar-refractivity contribution >= 4 is 34.7 Å². The van der Waals surface area contributed by atoms with Crippen molar-refractivity contribution in [2.24, 2.45) is 0 Å². The summed E-state index contributed by atoms with van der Waals surface area (Å²) in [7, 11) is 0. The maximum Gasteiger partial charge on any atom is 0.224 e. The molecule has 0 spiro atoms. The fourth-order valence-corrected chi connectivity index (χ4v) is 2.12. The number of rotatable bonds is 5. The number of thiophene rings is 1. The van der Waals surface area contributed by atoms with Crippen LogP contribution in [0.5, 0.6) is 0 Å². The molecule has 90 valence electrons. The van der Waals surface area contributed by atoms with E-state index >= 15 is 0 Å². The lowest BCUT2D eigenvalue weighted by atomic mass is 10.4. The van der Waals surface area contributed by atoms with Crippen LogP contribution in [0.3, 0.4) is 0 Å². The second-order valence-corrected chi connectivity index (χ2v) is 4.79. The number of nitrogens with zero attached hydrogens (tertiary/aromatic N) is 2. The van der Waals surface area contributed by atoms with Crippen molar-refractivity contribution in [3.8, 4) is 0 Å². The summed E-state index contributed by atoms with van der Waals surface area (Å²) in [5.41, 5.74) is 0. The van der Waals surface area contributed by atoms with E-state index in [2.05, 4.69) is 26.7 Å². The van der Waals surface area contributed by atoms with Gasteiger partial charge >= 0.3 is 0 Å². The average Bonchev–Trinajstić information content (AvgIpc) is 2.83. The lowest BCUT2D eigenvalue weighted by molar-refractivity contribution is 1.06. The Morgan fingerprint density at radius 3 is 3.00 bits per heavy atom. The molecule has 2 rings (SSSR count). The van der Waals surface area contributed by atoms with Crippen LogP contribution < -0.4 is 10.6 Å². The van der Waals surface area contributed by atoms with Crippen LogP contribution in [0.25, 0.3) is 0 Å². The number of hydrogen-bond acceptors (Lipinski definition) is 5. The first kappa shape index (κ1) is 12.1. The van der Waals surface area contributed by atoms with Crippen molar-refractivity contribution in [1.82, 2.24) is 9.97 Å². The predicted octanol–water partition coefficient (Wildman–Crippen LogP) is 3.24. The number of anilines is 2. The average molecular weight is 269 g/mol. The molecule has 2 aromatic rings. The number of halogens is 1. The summed E-state index contributed by atoms with van der Waals surface area (Å²) >= 11 is 7.72. The highest BCUT2D eigenvalue weighted by Crippen LogP contribution is 2.20. The molecule has 2 heterocycles. The van der Waals surface area contributed by atoms with Crippen molar-refractivity contribution in [3.63, 3.8) is 0 Å². The summed E-state index contributed by atoms with van der Waals surface area (Å²) in [4.78, 5) is 9.62. The number of hydrogen-bond donors (Lipinski definition) is 2. The van der Waals surface area contributed by atoms with E-state index in [4.69, 9.17) is 11.6 Å². The zero-order valence-electron chi connectivity index (χ0n) is 9.40. The van der Waals surface area contributed by atoms with Crippen molar-refractivity contribution < 1.29 is 0 Å². The Morgan fingerprint density at radius 2 is 2.29 bits per heavy atom. The van der Waals surface area contributed by atoms with Gasteiger partial charge in [-0.2, -0.15) is 4.98 Å². The van der Waals surface area contributed by atoms with Crippen LogP contribution in [0.2, 0.25) is 5.02 Å². The van der Waals surface area contributed by atoms with Gasteiger partial charge in [-0.1, -0.05) is 17.7 Å². The molecule has 0 unspecified atom stereocenters. The molecule has 0 aliphatic carbocycles. The van der Waals surface area contributed by atoms with Crippen molar-refractivity contribution in [2.45, 2.75) is 13.5 Å². The van der Waals surface area contributed by atoms with Gasteiger partial charge in [-0.15, -0.1) is 11.3 Å². The highest BCUT2D eigenvalue weighted by Gasteiger charge is 2.04. The van der Waals surface area contributed by atoms with Crippen LogP contribution in [0.4, 0.5) is 11.8 Å². The fourth-order valence-electron chi connectivity index (χ4n) is 1.32. The molecule has 0 bridgehead atoms. The molecule has 0 saturated carbocycles. The highest BCUT2D eigenvalue weighted by atomic mass is 35.5. The molecule has 0 fully saturated rings. The van der Waals surface area contributed by atoms with Gasteiger partial charge in [-0.3, -0.25) is 0 Å². The Morgan fingerprint density at radius 1 is 1.41 bits per heavy atom. The molecule has 2 N–H and O–H groups in total. The minimum atomic E-state index is 0.531. The molecular weight excluding hydrogens is 256 g/mol. The van der Waals surface area contributed by atoms with Gasteiger partial charge in [0, 0.05) is 11.4 Å². The molecule has 0 amide bonds. The summed E-state index contributed by atoms with van der Waals surface area (Å²) in [6, 6.07) is 4.09. The Hall–Kier alpha value is -1.33. The number of nitrogens with one attached hydrogen (secondary N) is 2. The first-order valence-corrected chi connectivity index (χ1v) is 6.58. The van der Waals surface area contributed by atoms with Crippen LogP contribution in [0, 0.1) is 0 Å². The molecule has 4 nitrogen and oxygen atoms in total. The smallest absolute Gasteiger partial charge is 0.224 e. The normalized spacial score (nSPS) is 10.2. The van der Waals surface area contributed by atoms with Crippen LogP contribution in [0.15, 0.2) is 23.7 Å². The van der Waals surface area contributed by atoms with E-state index in [-0.39, 0.29) is 0 Å². The Balaban J connectivity index is 2.06. The topological polar surface area (TPSA) is 49.8 Å². The summed E-state index contributed by atoms with van der Waals surface area (Å²) in [6.07, 6.45) is 1.60. The SMILES string of the molecule is CCNc1ncc(Cl)c(NCc2cccs2)n1. The molecular formula is C11H13ClN4S. The van der Waals surface area contributed by atoms with Gasteiger partial charge in [0.2, 0.25) is 5.95 Å². The second-order valence-electron chi connectivity index (χ2n) is 3.35. The molecule has 6 heteroatoms. The van der Waals surface area contributed by atoms with E-state index in [9.17, 15) is 0 Å². The molecule has 0 saturated heterocycles. The minimum Gasteiger partial charge on any atom is -0.364 e. The maximum atomic E-state index is 6.02. The van der Waals surface area contributed by atoms with E-state index in [0.29, 0.717) is 16.8 Å². The van der Waals surface area contributed by atoms with Gasteiger partial charge < -0.3 is 10.6 Å². The van der Waals surface area contributed by atoms with E-state index in [1.54, 1.807) is 17.5 Å². The maximum absolute atomic E-state index is 6.02. The second kappa shape index (κ2) is 5.84. The largest absolute Gasteiger partial charge is 0.364 e. The summed E-state index contributed by atoms with van der Waals surface area (Å²) in [5, 5.41) is 8.83. The quantitative estimate of drug-likeness (QED) is 0.874. The first-order valence-electron chi connectivity index (χ1n) is 5.32. The minimum absolute atomic E-state index is 0.531. The Bertz CT molecular complexity index is 472. The lowest BCUT2D eigenvalue weighted by Gasteiger charge is -2.08. The van der Waals surface area contributed by atoms with Crippen molar-refractivity contribution in [3.05, 3.63) is 33.6 Å². The molecule has 0 aliphatic rings.